The summed E-state index contributed by atoms with van der Waals surface area (Å²) in [6.07, 6.45) is 0.417. The molecule has 1 N–H and O–H groups in total. The van der Waals surface area contributed by atoms with Crippen molar-refractivity contribution in [3.63, 3.8) is 0 Å². The molecule has 1 amide bonds. The van der Waals surface area contributed by atoms with Gasteiger partial charge in [0.2, 0.25) is 0 Å². The van der Waals surface area contributed by atoms with Crippen LogP contribution in [0.3, 0.4) is 0 Å². The molecule has 0 fully saturated rings. The molecule has 0 saturated heterocycles. The number of nitrogens with one attached hydrogen (secondary N) is 1. The van der Waals surface area contributed by atoms with Crippen LogP contribution in [0.2, 0.25) is 0 Å². The molecule has 6 heteroatoms. The SMILES string of the molecule is CCOc1ccc(C(=O)N[C@](C)(CC)C(=O)OC)cc1OCC. The quantitative estimate of drug-likeness (QED) is 0.744. The fourth-order valence-electron chi connectivity index (χ4n) is 2.02. The lowest BCUT2D eigenvalue weighted by molar-refractivity contribution is -0.147. The number of hydrogen-bond donors (Lipinski definition) is 1. The highest BCUT2D eigenvalue weighted by molar-refractivity contribution is 5.98. The largest absolute Gasteiger partial charge is 0.490 e. The van der Waals surface area contributed by atoms with E-state index in [0.29, 0.717) is 36.7 Å². The Kier molecular flexibility index (Phi) is 6.88. The number of rotatable bonds is 8. The summed E-state index contributed by atoms with van der Waals surface area (Å²) in [6.45, 7) is 8.13. The van der Waals surface area contributed by atoms with Crippen LogP contribution in [0, 0.1) is 0 Å². The van der Waals surface area contributed by atoms with Crippen LogP contribution in [0.5, 0.6) is 11.5 Å². The number of esters is 1. The van der Waals surface area contributed by atoms with E-state index in [1.807, 2.05) is 13.8 Å². The van der Waals surface area contributed by atoms with Gasteiger partial charge in [0.25, 0.3) is 5.91 Å². The maximum Gasteiger partial charge on any atom is 0.331 e. The molecule has 23 heavy (non-hydrogen) atoms. The molecule has 0 radical (unpaired) electrons. The highest BCUT2D eigenvalue weighted by Gasteiger charge is 2.34. The molecule has 0 aromatic heterocycles. The molecule has 0 saturated carbocycles. The van der Waals surface area contributed by atoms with Crippen LogP contribution in [0.15, 0.2) is 18.2 Å². The van der Waals surface area contributed by atoms with E-state index in [1.54, 1.807) is 32.0 Å². The van der Waals surface area contributed by atoms with Crippen molar-refractivity contribution in [3.05, 3.63) is 23.8 Å². The van der Waals surface area contributed by atoms with Gasteiger partial charge in [-0.15, -0.1) is 0 Å². The first-order valence-electron chi connectivity index (χ1n) is 7.72. The van der Waals surface area contributed by atoms with Gasteiger partial charge in [-0.05, 0) is 45.4 Å². The second-order valence-electron chi connectivity index (χ2n) is 5.16. The van der Waals surface area contributed by atoms with Crippen LogP contribution in [0.25, 0.3) is 0 Å². The van der Waals surface area contributed by atoms with Crippen molar-refractivity contribution in [3.8, 4) is 11.5 Å². The van der Waals surface area contributed by atoms with Crippen molar-refractivity contribution < 1.29 is 23.8 Å². The molecule has 0 unspecified atom stereocenters. The van der Waals surface area contributed by atoms with E-state index in [2.05, 4.69) is 5.32 Å². The zero-order valence-electron chi connectivity index (χ0n) is 14.4. The lowest BCUT2D eigenvalue weighted by Crippen LogP contribution is -2.52. The summed E-state index contributed by atoms with van der Waals surface area (Å²) in [5.41, 5.74) is -0.684. The van der Waals surface area contributed by atoms with Crippen molar-refractivity contribution in [2.24, 2.45) is 0 Å². The van der Waals surface area contributed by atoms with E-state index in [9.17, 15) is 9.59 Å². The maximum atomic E-state index is 12.4. The number of amides is 1. The smallest absolute Gasteiger partial charge is 0.331 e. The highest BCUT2D eigenvalue weighted by Crippen LogP contribution is 2.28. The Balaban J connectivity index is 3.03. The van der Waals surface area contributed by atoms with Gasteiger partial charge in [0, 0.05) is 5.56 Å². The number of carbonyl (C=O) groups is 2. The number of hydrogen-bond acceptors (Lipinski definition) is 5. The van der Waals surface area contributed by atoms with E-state index in [0.717, 1.165) is 0 Å². The Bertz CT molecular complexity index is 558. The predicted molar refractivity (Wildman–Crippen MR) is 87.0 cm³/mol. The summed E-state index contributed by atoms with van der Waals surface area (Å²) < 4.78 is 15.7. The van der Waals surface area contributed by atoms with E-state index in [-0.39, 0.29) is 5.91 Å². The first-order valence-corrected chi connectivity index (χ1v) is 7.72. The average molecular weight is 323 g/mol. The second kappa shape index (κ2) is 8.41. The highest BCUT2D eigenvalue weighted by atomic mass is 16.5. The fraction of sp³-hybridized carbons (Fsp3) is 0.529. The molecule has 6 nitrogen and oxygen atoms in total. The van der Waals surface area contributed by atoms with Gasteiger partial charge >= 0.3 is 5.97 Å². The van der Waals surface area contributed by atoms with Gasteiger partial charge in [-0.1, -0.05) is 6.92 Å². The molecular weight excluding hydrogens is 298 g/mol. The Labute approximate surface area is 137 Å². The van der Waals surface area contributed by atoms with E-state index in [4.69, 9.17) is 14.2 Å². The third-order valence-corrected chi connectivity index (χ3v) is 3.54. The van der Waals surface area contributed by atoms with Gasteiger partial charge in [0.15, 0.2) is 11.5 Å². The van der Waals surface area contributed by atoms with Crippen LogP contribution in [0.1, 0.15) is 44.5 Å². The topological polar surface area (TPSA) is 73.9 Å². The number of methoxy groups -OCH3 is 1. The van der Waals surface area contributed by atoms with Gasteiger partial charge in [0.05, 0.1) is 20.3 Å². The van der Waals surface area contributed by atoms with Crippen molar-refractivity contribution >= 4 is 11.9 Å². The Hall–Kier alpha value is -2.24. The van der Waals surface area contributed by atoms with Crippen molar-refractivity contribution in [1.29, 1.82) is 0 Å². The van der Waals surface area contributed by atoms with Crippen LogP contribution in [-0.4, -0.2) is 37.7 Å². The first-order chi connectivity index (χ1) is 10.9. The molecular formula is C17H25NO5. The van der Waals surface area contributed by atoms with E-state index < -0.39 is 11.5 Å². The van der Waals surface area contributed by atoms with Gasteiger partial charge < -0.3 is 19.5 Å². The minimum absolute atomic E-state index is 0.372. The minimum atomic E-state index is -1.07. The van der Waals surface area contributed by atoms with Crippen LogP contribution >= 0.6 is 0 Å². The fourth-order valence-corrected chi connectivity index (χ4v) is 2.02. The Morgan fingerprint density at radius 3 is 2.22 bits per heavy atom. The van der Waals surface area contributed by atoms with E-state index in [1.165, 1.54) is 7.11 Å². The summed E-state index contributed by atoms with van der Waals surface area (Å²) in [5.74, 6) is 0.225. The number of benzene rings is 1. The molecule has 0 aliphatic carbocycles. The third kappa shape index (κ3) is 4.61. The normalized spacial score (nSPS) is 12.9. The molecule has 128 valence electrons. The van der Waals surface area contributed by atoms with Gasteiger partial charge in [-0.2, -0.15) is 0 Å². The average Bonchev–Trinajstić information content (AvgIpc) is 2.55. The number of carbonyl (C=O) groups excluding carboxylic acids is 2. The summed E-state index contributed by atoms with van der Waals surface area (Å²) in [4.78, 5) is 24.3. The van der Waals surface area contributed by atoms with Crippen LogP contribution in [0.4, 0.5) is 0 Å². The predicted octanol–water partition coefficient (Wildman–Crippen LogP) is 2.56. The molecule has 0 aliphatic rings. The summed E-state index contributed by atoms with van der Waals surface area (Å²) in [7, 11) is 1.30. The third-order valence-electron chi connectivity index (χ3n) is 3.54. The Morgan fingerprint density at radius 1 is 1.09 bits per heavy atom. The molecule has 0 spiro atoms. The zero-order valence-corrected chi connectivity index (χ0v) is 14.4. The first kappa shape index (κ1) is 18.8. The second-order valence-corrected chi connectivity index (χ2v) is 5.16. The lowest BCUT2D eigenvalue weighted by atomic mass is 9.98. The van der Waals surface area contributed by atoms with Crippen molar-refractivity contribution in [1.82, 2.24) is 5.32 Å². The van der Waals surface area contributed by atoms with Crippen LogP contribution < -0.4 is 14.8 Å². The molecule has 0 heterocycles. The molecule has 1 aromatic carbocycles. The summed E-state index contributed by atoms with van der Waals surface area (Å²) in [6, 6.07) is 4.93. The zero-order chi connectivity index (χ0) is 17.5. The number of ether oxygens (including phenoxy) is 3. The van der Waals surface area contributed by atoms with E-state index >= 15 is 0 Å². The monoisotopic (exact) mass is 323 g/mol. The lowest BCUT2D eigenvalue weighted by Gasteiger charge is -2.26. The summed E-state index contributed by atoms with van der Waals surface area (Å²) >= 11 is 0. The molecule has 1 atom stereocenters. The van der Waals surface area contributed by atoms with Gasteiger partial charge in [-0.25, -0.2) is 4.79 Å². The molecule has 1 rings (SSSR count). The standard InChI is InChI=1S/C17H25NO5/c1-6-17(4,16(20)21-5)18-15(19)12-9-10-13(22-7-2)14(11-12)23-8-3/h9-11H,6-8H2,1-5H3,(H,18,19)/t17-/m1/s1. The van der Waals surface area contributed by atoms with Gasteiger partial charge in [-0.3, -0.25) is 4.79 Å². The van der Waals surface area contributed by atoms with Crippen molar-refractivity contribution in [2.75, 3.05) is 20.3 Å². The summed E-state index contributed by atoms with van der Waals surface area (Å²) in [5, 5.41) is 2.72. The molecule has 0 bridgehead atoms. The maximum absolute atomic E-state index is 12.4. The van der Waals surface area contributed by atoms with Crippen molar-refractivity contribution in [2.45, 2.75) is 39.7 Å². The van der Waals surface area contributed by atoms with Gasteiger partial charge in [0.1, 0.15) is 5.54 Å². The van der Waals surface area contributed by atoms with Crippen LogP contribution in [-0.2, 0) is 9.53 Å². The minimum Gasteiger partial charge on any atom is -0.490 e. The molecule has 1 aromatic rings. The molecule has 0 aliphatic heterocycles. The Morgan fingerprint density at radius 2 is 1.70 bits per heavy atom.